The van der Waals surface area contributed by atoms with Gasteiger partial charge in [0.15, 0.2) is 5.96 Å². The third kappa shape index (κ3) is 5.92. The average Bonchev–Trinajstić information content (AvgIpc) is 3.05. The Hall–Kier alpha value is -0.600. The molecule has 2 aromatic heterocycles. The van der Waals surface area contributed by atoms with Crippen molar-refractivity contribution in [1.29, 1.82) is 0 Å². The summed E-state index contributed by atoms with van der Waals surface area (Å²) in [5, 5.41) is 10.8. The third-order valence-electron chi connectivity index (χ3n) is 2.33. The highest BCUT2D eigenvalue weighted by molar-refractivity contribution is 14.0. The van der Waals surface area contributed by atoms with Crippen molar-refractivity contribution in [2.24, 2.45) is 4.99 Å². The van der Waals surface area contributed by atoms with Gasteiger partial charge in [0.05, 0.1) is 13.1 Å². The van der Waals surface area contributed by atoms with Crippen molar-refractivity contribution < 1.29 is 0 Å². The standard InChI is InChI=1S/C13H17N3S2.HI/c1-2-14-13(15-9-11-5-3-7-17-11)16-10-12-6-4-8-18-12;/h3-8H,2,9-10H2,1H3,(H2,14,15,16);1H. The molecule has 2 rings (SSSR count). The van der Waals surface area contributed by atoms with E-state index in [4.69, 9.17) is 0 Å². The van der Waals surface area contributed by atoms with Crippen LogP contribution in [0.2, 0.25) is 0 Å². The van der Waals surface area contributed by atoms with E-state index in [1.54, 1.807) is 22.7 Å². The van der Waals surface area contributed by atoms with E-state index in [0.717, 1.165) is 25.6 Å². The second-order valence-electron chi connectivity index (χ2n) is 3.71. The third-order valence-corrected chi connectivity index (χ3v) is 4.07. The van der Waals surface area contributed by atoms with Crippen LogP contribution in [0, 0.1) is 0 Å². The van der Waals surface area contributed by atoms with Gasteiger partial charge in [-0.05, 0) is 29.8 Å². The molecule has 0 radical (unpaired) electrons. The molecule has 3 nitrogen and oxygen atoms in total. The molecule has 6 heteroatoms. The van der Waals surface area contributed by atoms with Crippen LogP contribution in [-0.2, 0) is 13.1 Å². The monoisotopic (exact) mass is 407 g/mol. The number of rotatable bonds is 5. The van der Waals surface area contributed by atoms with Gasteiger partial charge in [0.2, 0.25) is 0 Å². The average molecular weight is 407 g/mol. The summed E-state index contributed by atoms with van der Waals surface area (Å²) in [5.74, 6) is 0.874. The first-order chi connectivity index (χ1) is 8.88. The van der Waals surface area contributed by atoms with E-state index in [0.29, 0.717) is 0 Å². The van der Waals surface area contributed by atoms with E-state index in [1.165, 1.54) is 9.75 Å². The summed E-state index contributed by atoms with van der Waals surface area (Å²) in [6.07, 6.45) is 0. The van der Waals surface area contributed by atoms with Crippen molar-refractivity contribution >= 4 is 52.6 Å². The quantitative estimate of drug-likeness (QED) is 0.451. The molecule has 0 amide bonds. The summed E-state index contributed by atoms with van der Waals surface area (Å²) >= 11 is 3.49. The summed E-state index contributed by atoms with van der Waals surface area (Å²) < 4.78 is 0. The normalized spacial score (nSPS) is 10.9. The number of hydrogen-bond acceptors (Lipinski definition) is 3. The predicted molar refractivity (Wildman–Crippen MR) is 95.7 cm³/mol. The van der Waals surface area contributed by atoms with Gasteiger partial charge >= 0.3 is 0 Å². The Morgan fingerprint density at radius 1 is 1.11 bits per heavy atom. The van der Waals surface area contributed by atoms with E-state index < -0.39 is 0 Å². The van der Waals surface area contributed by atoms with Crippen LogP contribution in [0.25, 0.3) is 0 Å². The Kier molecular flexibility index (Phi) is 8.08. The van der Waals surface area contributed by atoms with E-state index in [1.807, 2.05) is 0 Å². The molecule has 104 valence electrons. The van der Waals surface area contributed by atoms with Gasteiger partial charge in [0, 0.05) is 16.3 Å². The topological polar surface area (TPSA) is 36.4 Å². The van der Waals surface area contributed by atoms with Crippen LogP contribution < -0.4 is 10.6 Å². The SMILES string of the molecule is CCNC(=NCc1cccs1)NCc1cccs1.I. The summed E-state index contributed by atoms with van der Waals surface area (Å²) in [6.45, 7) is 4.51. The van der Waals surface area contributed by atoms with Gasteiger partial charge in [0.25, 0.3) is 0 Å². The zero-order valence-corrected chi connectivity index (χ0v) is 14.7. The van der Waals surface area contributed by atoms with Gasteiger partial charge in [0.1, 0.15) is 0 Å². The molecular weight excluding hydrogens is 389 g/mol. The number of hydrogen-bond donors (Lipinski definition) is 2. The maximum Gasteiger partial charge on any atom is 0.191 e. The van der Waals surface area contributed by atoms with E-state index >= 15 is 0 Å². The molecule has 0 fully saturated rings. The van der Waals surface area contributed by atoms with Crippen molar-refractivity contribution in [2.45, 2.75) is 20.0 Å². The minimum absolute atomic E-state index is 0. The molecule has 0 aromatic carbocycles. The van der Waals surface area contributed by atoms with Crippen molar-refractivity contribution in [3.05, 3.63) is 44.8 Å². The molecule has 2 N–H and O–H groups in total. The van der Waals surface area contributed by atoms with Crippen LogP contribution in [0.15, 0.2) is 40.0 Å². The molecule has 0 saturated carbocycles. The van der Waals surface area contributed by atoms with E-state index in [-0.39, 0.29) is 24.0 Å². The Labute approximate surface area is 139 Å². The Morgan fingerprint density at radius 3 is 2.37 bits per heavy atom. The van der Waals surface area contributed by atoms with Gasteiger partial charge in [-0.15, -0.1) is 46.7 Å². The molecule has 0 saturated heterocycles. The molecule has 0 bridgehead atoms. The fourth-order valence-corrected chi connectivity index (χ4v) is 2.76. The van der Waals surface area contributed by atoms with Crippen LogP contribution in [0.4, 0.5) is 0 Å². The summed E-state index contributed by atoms with van der Waals surface area (Å²) in [5.41, 5.74) is 0. The number of thiophene rings is 2. The lowest BCUT2D eigenvalue weighted by molar-refractivity contribution is 0.825. The molecule has 2 heterocycles. The Bertz CT molecular complexity index is 466. The molecule has 0 aliphatic rings. The molecule has 0 atom stereocenters. The molecule has 0 spiro atoms. The zero-order valence-electron chi connectivity index (χ0n) is 10.8. The number of nitrogens with one attached hydrogen (secondary N) is 2. The second-order valence-corrected chi connectivity index (χ2v) is 5.77. The highest BCUT2D eigenvalue weighted by Gasteiger charge is 1.99. The Morgan fingerprint density at radius 2 is 1.79 bits per heavy atom. The van der Waals surface area contributed by atoms with Crippen molar-refractivity contribution in [1.82, 2.24) is 10.6 Å². The largest absolute Gasteiger partial charge is 0.357 e. The number of guanidine groups is 1. The lowest BCUT2D eigenvalue weighted by Gasteiger charge is -2.09. The first kappa shape index (κ1) is 16.5. The lowest BCUT2D eigenvalue weighted by atomic mass is 10.4. The van der Waals surface area contributed by atoms with Crippen LogP contribution in [0.1, 0.15) is 16.7 Å². The molecular formula is C13H18IN3S2. The number of nitrogens with zero attached hydrogens (tertiary/aromatic N) is 1. The highest BCUT2D eigenvalue weighted by atomic mass is 127. The summed E-state index contributed by atoms with van der Waals surface area (Å²) in [6, 6.07) is 8.36. The van der Waals surface area contributed by atoms with Gasteiger partial charge in [-0.25, -0.2) is 4.99 Å². The van der Waals surface area contributed by atoms with Gasteiger partial charge in [-0.3, -0.25) is 0 Å². The zero-order chi connectivity index (χ0) is 12.6. The fourth-order valence-electron chi connectivity index (χ4n) is 1.49. The van der Waals surface area contributed by atoms with Gasteiger partial charge in [-0.2, -0.15) is 0 Å². The molecule has 0 aliphatic heterocycles. The Balaban J connectivity index is 0.00000180. The minimum Gasteiger partial charge on any atom is -0.357 e. The molecule has 0 unspecified atom stereocenters. The van der Waals surface area contributed by atoms with Crippen molar-refractivity contribution in [2.75, 3.05) is 6.54 Å². The van der Waals surface area contributed by atoms with E-state index in [2.05, 4.69) is 57.6 Å². The van der Waals surface area contributed by atoms with Gasteiger partial charge < -0.3 is 10.6 Å². The first-order valence-electron chi connectivity index (χ1n) is 5.95. The number of aliphatic imine (C=N–C) groups is 1. The van der Waals surface area contributed by atoms with Crippen LogP contribution in [0.5, 0.6) is 0 Å². The van der Waals surface area contributed by atoms with Crippen LogP contribution in [-0.4, -0.2) is 12.5 Å². The number of halogens is 1. The minimum atomic E-state index is 0. The summed E-state index contributed by atoms with van der Waals surface area (Å²) in [4.78, 5) is 7.16. The summed E-state index contributed by atoms with van der Waals surface area (Å²) in [7, 11) is 0. The second kappa shape index (κ2) is 9.33. The maximum absolute atomic E-state index is 4.56. The lowest BCUT2D eigenvalue weighted by Crippen LogP contribution is -2.36. The maximum atomic E-state index is 4.56. The van der Waals surface area contributed by atoms with E-state index in [9.17, 15) is 0 Å². The molecule has 19 heavy (non-hydrogen) atoms. The fraction of sp³-hybridized carbons (Fsp3) is 0.308. The van der Waals surface area contributed by atoms with Gasteiger partial charge in [-0.1, -0.05) is 12.1 Å². The smallest absolute Gasteiger partial charge is 0.191 e. The van der Waals surface area contributed by atoms with Crippen molar-refractivity contribution in [3.8, 4) is 0 Å². The molecule has 0 aliphatic carbocycles. The first-order valence-corrected chi connectivity index (χ1v) is 7.71. The predicted octanol–water partition coefficient (Wildman–Crippen LogP) is 3.68. The van der Waals surface area contributed by atoms with Crippen molar-refractivity contribution in [3.63, 3.8) is 0 Å². The van der Waals surface area contributed by atoms with Crippen LogP contribution in [0.3, 0.4) is 0 Å². The highest BCUT2D eigenvalue weighted by Crippen LogP contribution is 2.10. The van der Waals surface area contributed by atoms with Crippen LogP contribution >= 0.6 is 46.7 Å². The molecule has 2 aromatic rings.